The number of nitrogens with one attached hydrogen (secondary N) is 1. The molecule has 1 saturated carbocycles. The molecule has 3 N–H and O–H groups in total. The van der Waals surface area contributed by atoms with Crippen molar-refractivity contribution in [2.24, 2.45) is 11.7 Å². The molecule has 0 saturated heterocycles. The molecular weight excluding hydrogens is 295 g/mol. The van der Waals surface area contributed by atoms with Gasteiger partial charge in [-0.3, -0.25) is 4.79 Å². The number of halogens is 2. The van der Waals surface area contributed by atoms with Gasteiger partial charge in [0, 0.05) is 18.0 Å². The van der Waals surface area contributed by atoms with Crippen LogP contribution in [0.1, 0.15) is 26.2 Å². The van der Waals surface area contributed by atoms with Crippen LogP contribution in [0.5, 0.6) is 5.75 Å². The molecule has 1 aromatic carbocycles. The zero-order valence-corrected chi connectivity index (χ0v) is 12.9. The van der Waals surface area contributed by atoms with Crippen molar-refractivity contribution in [3.8, 4) is 5.75 Å². The van der Waals surface area contributed by atoms with Crippen molar-refractivity contribution in [2.75, 3.05) is 6.54 Å². The van der Waals surface area contributed by atoms with Gasteiger partial charge < -0.3 is 15.8 Å². The van der Waals surface area contributed by atoms with Gasteiger partial charge in [-0.05, 0) is 38.3 Å². The first-order chi connectivity index (χ1) is 9.54. The minimum atomic E-state index is -0.335. The third kappa shape index (κ3) is 5.52. The minimum Gasteiger partial charge on any atom is -0.489 e. The lowest BCUT2D eigenvalue weighted by atomic mass is 10.1. The van der Waals surface area contributed by atoms with E-state index in [0.29, 0.717) is 12.3 Å². The van der Waals surface area contributed by atoms with Crippen LogP contribution in [0.15, 0.2) is 24.3 Å². The number of nitrogens with two attached hydrogens (primary N) is 1. The number of carbonyl (C=O) groups is 1. The Labute approximate surface area is 130 Å². The third-order valence-corrected chi connectivity index (χ3v) is 3.54. The Morgan fingerprint density at radius 3 is 2.90 bits per heavy atom. The Bertz CT molecular complexity index is 473. The van der Waals surface area contributed by atoms with Crippen molar-refractivity contribution in [1.29, 1.82) is 0 Å². The van der Waals surface area contributed by atoms with Crippen LogP contribution in [0.2, 0.25) is 0 Å². The maximum absolute atomic E-state index is 13.0. The Kier molecular flexibility index (Phi) is 6.92. The maximum Gasteiger partial charge on any atom is 0.223 e. The van der Waals surface area contributed by atoms with Crippen LogP contribution in [0, 0.1) is 11.7 Å². The largest absolute Gasteiger partial charge is 0.489 e. The SMILES string of the molecule is CC(CNC(=O)C1CCC(N)C1)Oc1cccc(F)c1.Cl. The van der Waals surface area contributed by atoms with E-state index in [9.17, 15) is 9.18 Å². The molecule has 3 atom stereocenters. The van der Waals surface area contributed by atoms with Gasteiger partial charge in [0.25, 0.3) is 0 Å². The van der Waals surface area contributed by atoms with Crippen LogP contribution in [-0.2, 0) is 4.79 Å². The second kappa shape index (κ2) is 8.20. The van der Waals surface area contributed by atoms with Crippen molar-refractivity contribution in [2.45, 2.75) is 38.3 Å². The lowest BCUT2D eigenvalue weighted by Gasteiger charge is -2.17. The molecule has 1 aliphatic carbocycles. The molecule has 0 radical (unpaired) electrons. The summed E-state index contributed by atoms with van der Waals surface area (Å²) in [6.45, 7) is 2.24. The van der Waals surface area contributed by atoms with E-state index >= 15 is 0 Å². The summed E-state index contributed by atoms with van der Waals surface area (Å²) in [6.07, 6.45) is 2.31. The molecule has 1 fully saturated rings. The monoisotopic (exact) mass is 316 g/mol. The first-order valence-electron chi connectivity index (χ1n) is 7.00. The summed E-state index contributed by atoms with van der Waals surface area (Å²) in [5.74, 6) is 0.187. The Balaban J connectivity index is 0.00000220. The summed E-state index contributed by atoms with van der Waals surface area (Å²) in [6, 6.07) is 6.12. The van der Waals surface area contributed by atoms with Gasteiger partial charge in [-0.2, -0.15) is 0 Å². The van der Waals surface area contributed by atoms with Gasteiger partial charge in [0.15, 0.2) is 0 Å². The summed E-state index contributed by atoms with van der Waals surface area (Å²) in [5.41, 5.74) is 5.80. The first kappa shape index (κ1) is 17.7. The number of rotatable bonds is 5. The fraction of sp³-hybridized carbons (Fsp3) is 0.533. The van der Waals surface area contributed by atoms with E-state index in [1.54, 1.807) is 12.1 Å². The zero-order valence-electron chi connectivity index (χ0n) is 12.0. The Morgan fingerprint density at radius 1 is 1.52 bits per heavy atom. The molecule has 3 unspecified atom stereocenters. The third-order valence-electron chi connectivity index (χ3n) is 3.54. The molecule has 0 aliphatic heterocycles. The number of ether oxygens (including phenoxy) is 1. The van der Waals surface area contributed by atoms with Crippen LogP contribution < -0.4 is 15.8 Å². The molecule has 21 heavy (non-hydrogen) atoms. The molecular formula is C15H22ClFN2O2. The number of benzene rings is 1. The molecule has 1 aromatic rings. The summed E-state index contributed by atoms with van der Waals surface area (Å²) >= 11 is 0. The lowest BCUT2D eigenvalue weighted by molar-refractivity contribution is -0.125. The molecule has 0 bridgehead atoms. The van der Waals surface area contributed by atoms with Crippen LogP contribution in [0.25, 0.3) is 0 Å². The van der Waals surface area contributed by atoms with Gasteiger partial charge in [0.2, 0.25) is 5.91 Å². The summed E-state index contributed by atoms with van der Waals surface area (Å²) in [5, 5.41) is 2.87. The number of hydrogen-bond acceptors (Lipinski definition) is 3. The molecule has 0 aromatic heterocycles. The summed E-state index contributed by atoms with van der Waals surface area (Å²) in [7, 11) is 0. The van der Waals surface area contributed by atoms with E-state index in [1.165, 1.54) is 12.1 Å². The van der Waals surface area contributed by atoms with Gasteiger partial charge >= 0.3 is 0 Å². The van der Waals surface area contributed by atoms with E-state index < -0.39 is 0 Å². The molecule has 1 aliphatic rings. The van der Waals surface area contributed by atoms with Crippen LogP contribution >= 0.6 is 12.4 Å². The smallest absolute Gasteiger partial charge is 0.223 e. The van der Waals surface area contributed by atoms with E-state index in [-0.39, 0.29) is 42.2 Å². The first-order valence-corrected chi connectivity index (χ1v) is 7.00. The standard InChI is InChI=1S/C15H21FN2O2.ClH/c1-10(20-14-4-2-3-12(16)8-14)9-18-15(19)11-5-6-13(17)7-11;/h2-4,8,10-11,13H,5-7,9,17H2,1H3,(H,18,19);1H. The van der Waals surface area contributed by atoms with Crippen molar-refractivity contribution in [3.05, 3.63) is 30.1 Å². The highest BCUT2D eigenvalue weighted by atomic mass is 35.5. The minimum absolute atomic E-state index is 0. The quantitative estimate of drug-likeness (QED) is 0.876. The second-order valence-corrected chi connectivity index (χ2v) is 5.40. The van der Waals surface area contributed by atoms with Crippen molar-refractivity contribution in [3.63, 3.8) is 0 Å². The Hall–Kier alpha value is -1.33. The van der Waals surface area contributed by atoms with Crippen LogP contribution in [-0.4, -0.2) is 24.6 Å². The van der Waals surface area contributed by atoms with Gasteiger partial charge in [0.1, 0.15) is 17.7 Å². The summed E-state index contributed by atoms with van der Waals surface area (Å²) < 4.78 is 18.6. The molecule has 0 heterocycles. The average Bonchev–Trinajstić information content (AvgIpc) is 2.83. The van der Waals surface area contributed by atoms with E-state index in [4.69, 9.17) is 10.5 Å². The second-order valence-electron chi connectivity index (χ2n) is 5.40. The van der Waals surface area contributed by atoms with Crippen molar-refractivity contribution < 1.29 is 13.9 Å². The topological polar surface area (TPSA) is 64.4 Å². The number of amides is 1. The fourth-order valence-electron chi connectivity index (χ4n) is 2.46. The number of hydrogen-bond donors (Lipinski definition) is 2. The highest BCUT2D eigenvalue weighted by Crippen LogP contribution is 2.24. The molecule has 0 spiro atoms. The van der Waals surface area contributed by atoms with E-state index in [2.05, 4.69) is 5.32 Å². The maximum atomic E-state index is 13.0. The molecule has 1 amide bonds. The van der Waals surface area contributed by atoms with Crippen molar-refractivity contribution in [1.82, 2.24) is 5.32 Å². The van der Waals surface area contributed by atoms with E-state index in [0.717, 1.165) is 19.3 Å². The van der Waals surface area contributed by atoms with Crippen LogP contribution in [0.4, 0.5) is 4.39 Å². The molecule has 4 nitrogen and oxygen atoms in total. The Morgan fingerprint density at radius 2 is 2.29 bits per heavy atom. The predicted molar refractivity (Wildman–Crippen MR) is 82.1 cm³/mol. The molecule has 6 heteroatoms. The van der Waals surface area contributed by atoms with Crippen molar-refractivity contribution >= 4 is 18.3 Å². The molecule has 2 rings (SSSR count). The van der Waals surface area contributed by atoms with Gasteiger partial charge in [-0.1, -0.05) is 6.07 Å². The zero-order chi connectivity index (χ0) is 14.5. The highest BCUT2D eigenvalue weighted by Gasteiger charge is 2.27. The van der Waals surface area contributed by atoms with Gasteiger partial charge in [-0.15, -0.1) is 12.4 Å². The van der Waals surface area contributed by atoms with Gasteiger partial charge in [-0.25, -0.2) is 4.39 Å². The number of carbonyl (C=O) groups excluding carboxylic acids is 1. The fourth-order valence-corrected chi connectivity index (χ4v) is 2.46. The van der Waals surface area contributed by atoms with Gasteiger partial charge in [0.05, 0.1) is 6.54 Å². The van der Waals surface area contributed by atoms with Crippen LogP contribution in [0.3, 0.4) is 0 Å². The highest BCUT2D eigenvalue weighted by molar-refractivity contribution is 5.85. The van der Waals surface area contributed by atoms with E-state index in [1.807, 2.05) is 6.92 Å². The summed E-state index contributed by atoms with van der Waals surface area (Å²) in [4.78, 5) is 11.9. The average molecular weight is 317 g/mol. The normalized spacial score (nSPS) is 22.2. The lowest BCUT2D eigenvalue weighted by Crippen LogP contribution is -2.37. The molecule has 118 valence electrons. The predicted octanol–water partition coefficient (Wildman–Crippen LogP) is 2.26.